The third kappa shape index (κ3) is 3.06. The highest BCUT2D eigenvalue weighted by molar-refractivity contribution is 6.06. The number of anilines is 1. The second-order valence-corrected chi connectivity index (χ2v) is 5.84. The van der Waals surface area contributed by atoms with E-state index in [2.05, 4.69) is 10.1 Å². The van der Waals surface area contributed by atoms with Crippen LogP contribution in [0.5, 0.6) is 5.75 Å². The van der Waals surface area contributed by atoms with Crippen molar-refractivity contribution in [1.82, 2.24) is 0 Å². The molecule has 0 aliphatic carbocycles. The van der Waals surface area contributed by atoms with Gasteiger partial charge in [-0.25, -0.2) is 4.39 Å². The first-order valence-electron chi connectivity index (χ1n) is 7.13. The number of alkyl halides is 3. The zero-order valence-corrected chi connectivity index (χ0v) is 12.6. The lowest BCUT2D eigenvalue weighted by Gasteiger charge is -2.23. The Morgan fingerprint density at radius 1 is 1.12 bits per heavy atom. The molecule has 0 bridgehead atoms. The summed E-state index contributed by atoms with van der Waals surface area (Å²) >= 11 is 0. The van der Waals surface area contributed by atoms with Crippen LogP contribution in [0.3, 0.4) is 0 Å². The smallest absolute Gasteiger partial charge is 0.406 e. The van der Waals surface area contributed by atoms with Crippen molar-refractivity contribution in [3.05, 3.63) is 59.4 Å². The summed E-state index contributed by atoms with van der Waals surface area (Å²) < 4.78 is 54.2. The van der Waals surface area contributed by atoms with Crippen LogP contribution in [0.1, 0.15) is 18.1 Å². The van der Waals surface area contributed by atoms with Crippen molar-refractivity contribution < 1.29 is 27.1 Å². The van der Waals surface area contributed by atoms with Crippen LogP contribution in [0.25, 0.3) is 0 Å². The Labute approximate surface area is 135 Å². The van der Waals surface area contributed by atoms with Crippen molar-refractivity contribution in [1.29, 1.82) is 0 Å². The quantitative estimate of drug-likeness (QED) is 0.852. The maximum atomic E-state index is 13.0. The third-order valence-electron chi connectivity index (χ3n) is 4.04. The van der Waals surface area contributed by atoms with E-state index < -0.39 is 17.6 Å². The molecule has 126 valence electrons. The Morgan fingerprint density at radius 3 is 2.42 bits per heavy atom. The van der Waals surface area contributed by atoms with E-state index in [1.807, 2.05) is 0 Å². The third-order valence-corrected chi connectivity index (χ3v) is 4.04. The van der Waals surface area contributed by atoms with Crippen molar-refractivity contribution in [3.63, 3.8) is 0 Å². The van der Waals surface area contributed by atoms with E-state index in [-0.39, 0.29) is 18.1 Å². The van der Waals surface area contributed by atoms with Gasteiger partial charge in [-0.2, -0.15) is 0 Å². The summed E-state index contributed by atoms with van der Waals surface area (Å²) in [6, 6.07) is 9.37. The molecular formula is C17H13F4NO2. The summed E-state index contributed by atoms with van der Waals surface area (Å²) in [4.78, 5) is 12.4. The van der Waals surface area contributed by atoms with E-state index in [1.165, 1.54) is 24.3 Å². The van der Waals surface area contributed by atoms with Gasteiger partial charge in [0.1, 0.15) is 11.6 Å². The van der Waals surface area contributed by atoms with Crippen LogP contribution in [-0.2, 0) is 16.6 Å². The lowest BCUT2D eigenvalue weighted by molar-refractivity contribution is -0.274. The highest BCUT2D eigenvalue weighted by Crippen LogP contribution is 2.42. The van der Waals surface area contributed by atoms with Gasteiger partial charge in [0.25, 0.3) is 0 Å². The van der Waals surface area contributed by atoms with Crippen LogP contribution < -0.4 is 10.1 Å². The van der Waals surface area contributed by atoms with E-state index in [1.54, 1.807) is 19.1 Å². The summed E-state index contributed by atoms with van der Waals surface area (Å²) in [6.07, 6.45) is -4.58. The molecule has 2 aromatic carbocycles. The molecule has 1 N–H and O–H groups in total. The van der Waals surface area contributed by atoms with Gasteiger partial charge in [-0.15, -0.1) is 13.2 Å². The molecule has 7 heteroatoms. The summed E-state index contributed by atoms with van der Waals surface area (Å²) in [7, 11) is 0. The van der Waals surface area contributed by atoms with Gasteiger partial charge < -0.3 is 10.1 Å². The fourth-order valence-corrected chi connectivity index (χ4v) is 2.85. The summed E-state index contributed by atoms with van der Waals surface area (Å²) in [5, 5.41) is 2.66. The zero-order valence-electron chi connectivity index (χ0n) is 12.6. The summed E-state index contributed by atoms with van der Waals surface area (Å²) in [5.74, 6) is -1.12. The van der Waals surface area contributed by atoms with Crippen molar-refractivity contribution in [2.75, 3.05) is 5.32 Å². The molecule has 0 fully saturated rings. The number of nitrogens with one attached hydrogen (secondary N) is 1. The van der Waals surface area contributed by atoms with Crippen LogP contribution in [-0.4, -0.2) is 12.3 Å². The molecule has 3 nitrogen and oxygen atoms in total. The Morgan fingerprint density at radius 2 is 1.79 bits per heavy atom. The first kappa shape index (κ1) is 16.3. The van der Waals surface area contributed by atoms with Crippen molar-refractivity contribution in [2.24, 2.45) is 0 Å². The van der Waals surface area contributed by atoms with Crippen LogP contribution in [0.15, 0.2) is 42.5 Å². The first-order chi connectivity index (χ1) is 11.2. The molecular weight excluding hydrogens is 326 g/mol. The lowest BCUT2D eigenvalue weighted by atomic mass is 9.78. The minimum absolute atomic E-state index is 0.224. The predicted octanol–water partition coefficient (Wildman–Crippen LogP) is 4.18. The second kappa shape index (κ2) is 5.51. The fourth-order valence-electron chi connectivity index (χ4n) is 2.85. The normalized spacial score (nSPS) is 19.8. The van der Waals surface area contributed by atoms with Crippen LogP contribution >= 0.6 is 0 Å². The molecule has 1 unspecified atom stereocenters. The number of carbonyl (C=O) groups excluding carboxylic acids is 1. The average Bonchev–Trinajstić information content (AvgIpc) is 2.72. The minimum atomic E-state index is -4.81. The highest BCUT2D eigenvalue weighted by Gasteiger charge is 2.43. The first-order valence-corrected chi connectivity index (χ1v) is 7.13. The monoisotopic (exact) mass is 339 g/mol. The number of hydrogen-bond acceptors (Lipinski definition) is 2. The van der Waals surface area contributed by atoms with Crippen molar-refractivity contribution in [2.45, 2.75) is 25.1 Å². The van der Waals surface area contributed by atoms with Gasteiger partial charge in [-0.3, -0.25) is 4.79 Å². The van der Waals surface area contributed by atoms with E-state index >= 15 is 0 Å². The van der Waals surface area contributed by atoms with E-state index in [0.29, 0.717) is 16.8 Å². The Balaban J connectivity index is 1.96. The van der Waals surface area contributed by atoms with Crippen LogP contribution in [0.4, 0.5) is 23.2 Å². The lowest BCUT2D eigenvalue weighted by Crippen LogP contribution is -2.33. The number of hydrogen-bond donors (Lipinski definition) is 1. The van der Waals surface area contributed by atoms with Crippen LogP contribution in [0.2, 0.25) is 0 Å². The van der Waals surface area contributed by atoms with Gasteiger partial charge in [-0.1, -0.05) is 12.1 Å². The molecule has 0 aromatic heterocycles. The SMILES string of the molecule is CC1(Cc2ccc(F)cc2)C(=O)Nc2ccc(OC(F)(F)F)cc21. The Kier molecular flexibility index (Phi) is 3.74. The molecule has 3 rings (SSSR count). The molecule has 1 aliphatic heterocycles. The number of halogens is 4. The standard InChI is InChI=1S/C17H13F4NO2/c1-16(9-10-2-4-11(18)5-3-10)13-8-12(24-17(19,20)21)6-7-14(13)22-15(16)23/h2-8H,9H2,1H3,(H,22,23). The van der Waals surface area contributed by atoms with E-state index in [0.717, 1.165) is 6.07 Å². The molecule has 1 heterocycles. The summed E-state index contributed by atoms with van der Waals surface area (Å²) in [6.45, 7) is 1.63. The summed E-state index contributed by atoms with van der Waals surface area (Å²) in [5.41, 5.74) is 0.486. The molecule has 0 saturated carbocycles. The van der Waals surface area contributed by atoms with E-state index in [4.69, 9.17) is 0 Å². The topological polar surface area (TPSA) is 38.3 Å². The Hall–Kier alpha value is -2.57. The van der Waals surface area contributed by atoms with Gasteiger partial charge in [0.2, 0.25) is 5.91 Å². The zero-order chi connectivity index (χ0) is 17.5. The molecule has 1 aliphatic rings. The molecule has 1 atom stereocenters. The van der Waals surface area contributed by atoms with Gasteiger partial charge in [0.05, 0.1) is 5.41 Å². The average molecular weight is 339 g/mol. The number of carbonyl (C=O) groups is 1. The largest absolute Gasteiger partial charge is 0.573 e. The number of fused-ring (bicyclic) bond motifs is 1. The van der Waals surface area contributed by atoms with Gasteiger partial charge in [-0.05, 0) is 54.8 Å². The molecule has 0 saturated heterocycles. The Bertz CT molecular complexity index is 786. The minimum Gasteiger partial charge on any atom is -0.406 e. The maximum Gasteiger partial charge on any atom is 0.573 e. The van der Waals surface area contributed by atoms with Crippen LogP contribution in [0, 0.1) is 5.82 Å². The fraction of sp³-hybridized carbons (Fsp3) is 0.235. The highest BCUT2D eigenvalue weighted by atomic mass is 19.4. The molecule has 24 heavy (non-hydrogen) atoms. The number of amides is 1. The molecule has 1 amide bonds. The predicted molar refractivity (Wildman–Crippen MR) is 79.2 cm³/mol. The molecule has 0 spiro atoms. The van der Waals surface area contributed by atoms with Gasteiger partial charge >= 0.3 is 6.36 Å². The molecule has 0 radical (unpaired) electrons. The van der Waals surface area contributed by atoms with Gasteiger partial charge in [0.15, 0.2) is 0 Å². The second-order valence-electron chi connectivity index (χ2n) is 5.84. The van der Waals surface area contributed by atoms with Crippen molar-refractivity contribution in [3.8, 4) is 5.75 Å². The number of rotatable bonds is 3. The van der Waals surface area contributed by atoms with Gasteiger partial charge in [0, 0.05) is 5.69 Å². The molecule has 2 aromatic rings. The maximum absolute atomic E-state index is 13.0. The van der Waals surface area contributed by atoms with Crippen molar-refractivity contribution >= 4 is 11.6 Å². The van der Waals surface area contributed by atoms with E-state index in [9.17, 15) is 22.4 Å². The number of ether oxygens (including phenoxy) is 1. The number of benzene rings is 2.